The molecule has 2 aliphatic carbocycles. The molecule has 1 aromatic rings. The fourth-order valence-corrected chi connectivity index (χ4v) is 6.24. The van der Waals surface area contributed by atoms with E-state index in [4.69, 9.17) is 4.74 Å². The van der Waals surface area contributed by atoms with Crippen LogP contribution in [-0.4, -0.2) is 49.2 Å². The molecule has 1 spiro atoms. The van der Waals surface area contributed by atoms with Gasteiger partial charge >= 0.3 is 12.0 Å². The van der Waals surface area contributed by atoms with E-state index >= 15 is 0 Å². The van der Waals surface area contributed by atoms with E-state index in [0.29, 0.717) is 19.2 Å². The lowest BCUT2D eigenvalue weighted by molar-refractivity contribution is -0.153. The first kappa shape index (κ1) is 22.4. The second kappa shape index (κ2) is 9.45. The molecule has 7 nitrogen and oxygen atoms in total. The number of likely N-dealkylation sites (tertiary alicyclic amines) is 1. The van der Waals surface area contributed by atoms with Gasteiger partial charge in [0.15, 0.2) is 0 Å². The first-order valence-electron chi connectivity index (χ1n) is 12.7. The van der Waals surface area contributed by atoms with Crippen molar-refractivity contribution in [1.29, 1.82) is 0 Å². The Labute approximate surface area is 195 Å². The number of carbonyl (C=O) groups excluding carboxylic acids is 3. The van der Waals surface area contributed by atoms with E-state index in [0.717, 1.165) is 88.5 Å². The number of nitrogens with one attached hydrogen (secondary N) is 1. The van der Waals surface area contributed by atoms with Crippen LogP contribution in [0.2, 0.25) is 0 Å². The Morgan fingerprint density at radius 3 is 2.42 bits per heavy atom. The lowest BCUT2D eigenvalue weighted by Crippen LogP contribution is -2.48. The van der Waals surface area contributed by atoms with E-state index in [9.17, 15) is 14.4 Å². The normalized spacial score (nSPS) is 23.3. The number of rotatable bonds is 5. The lowest BCUT2D eigenvalue weighted by Gasteiger charge is -2.32. The highest BCUT2D eigenvalue weighted by Gasteiger charge is 2.53. The molecular formula is C26H35N3O4. The number of urea groups is 1. The number of benzene rings is 1. The predicted molar refractivity (Wildman–Crippen MR) is 125 cm³/mol. The third kappa shape index (κ3) is 4.27. The number of nitrogens with zero attached hydrogens (tertiary/aromatic N) is 2. The van der Waals surface area contributed by atoms with E-state index in [2.05, 4.69) is 10.2 Å². The number of piperidine rings is 1. The zero-order valence-corrected chi connectivity index (χ0v) is 19.4. The molecule has 2 heterocycles. The number of anilines is 1. The minimum atomic E-state index is -0.505. The van der Waals surface area contributed by atoms with Gasteiger partial charge in [0, 0.05) is 19.6 Å². The van der Waals surface area contributed by atoms with Gasteiger partial charge < -0.3 is 10.1 Å². The Bertz CT molecular complexity index is 897. The highest BCUT2D eigenvalue weighted by molar-refractivity contribution is 6.22. The summed E-state index contributed by atoms with van der Waals surface area (Å²) in [6.07, 6.45) is 9.79. The van der Waals surface area contributed by atoms with Gasteiger partial charge in [-0.05, 0) is 56.1 Å². The highest BCUT2D eigenvalue weighted by Crippen LogP contribution is 2.51. The van der Waals surface area contributed by atoms with Crippen LogP contribution in [-0.2, 0) is 19.7 Å². The molecule has 0 unspecified atom stereocenters. The smallest absolute Gasteiger partial charge is 0.328 e. The fraction of sp³-hybridized carbons (Fsp3) is 0.654. The number of imide groups is 1. The van der Waals surface area contributed by atoms with Gasteiger partial charge in [-0.2, -0.15) is 0 Å². The van der Waals surface area contributed by atoms with Gasteiger partial charge in [0.1, 0.15) is 6.73 Å². The van der Waals surface area contributed by atoms with Crippen molar-refractivity contribution in [1.82, 2.24) is 10.2 Å². The summed E-state index contributed by atoms with van der Waals surface area (Å²) in [5.41, 5.74) is 1.26. The maximum atomic E-state index is 13.4. The summed E-state index contributed by atoms with van der Waals surface area (Å²) in [4.78, 5) is 42.2. The summed E-state index contributed by atoms with van der Waals surface area (Å²) < 4.78 is 5.53. The Morgan fingerprint density at radius 1 is 1.00 bits per heavy atom. The number of carbonyl (C=O) groups is 3. The fourth-order valence-electron chi connectivity index (χ4n) is 6.24. The summed E-state index contributed by atoms with van der Waals surface area (Å²) in [7, 11) is 0. The Hall–Kier alpha value is -2.41. The van der Waals surface area contributed by atoms with Crippen molar-refractivity contribution in [2.24, 2.45) is 11.8 Å². The standard InChI is InChI=1S/C26H35N3O4/c30-23(20-7-1-2-8-20)33-18-28-15-11-19(12-16-28)17-27-25(32)29-22-10-4-3-9-21(22)26(24(29)31)13-5-6-14-26/h3-4,9-10,19-20H,1-2,5-8,11-18H2,(H,27,32). The summed E-state index contributed by atoms with van der Waals surface area (Å²) in [6.45, 7) is 2.64. The van der Waals surface area contributed by atoms with Crippen molar-refractivity contribution in [2.45, 2.75) is 69.6 Å². The summed E-state index contributed by atoms with van der Waals surface area (Å²) >= 11 is 0. The number of amides is 3. The lowest BCUT2D eigenvalue weighted by atomic mass is 9.80. The van der Waals surface area contributed by atoms with Gasteiger partial charge in [-0.3, -0.25) is 14.5 Å². The molecule has 7 heteroatoms. The molecule has 0 radical (unpaired) electrons. The van der Waals surface area contributed by atoms with Crippen LogP contribution in [0.3, 0.4) is 0 Å². The van der Waals surface area contributed by atoms with E-state index in [1.165, 1.54) is 4.90 Å². The van der Waals surface area contributed by atoms with Gasteiger partial charge in [0.05, 0.1) is 17.0 Å². The molecule has 1 N–H and O–H groups in total. The van der Waals surface area contributed by atoms with E-state index in [1.54, 1.807) is 0 Å². The van der Waals surface area contributed by atoms with Crippen LogP contribution < -0.4 is 10.2 Å². The minimum Gasteiger partial charge on any atom is -0.449 e. The molecule has 2 aliphatic heterocycles. The van der Waals surface area contributed by atoms with Crippen molar-refractivity contribution < 1.29 is 19.1 Å². The maximum absolute atomic E-state index is 13.4. The second-order valence-corrected chi connectivity index (χ2v) is 10.3. The van der Waals surface area contributed by atoms with Gasteiger partial charge in [-0.25, -0.2) is 9.69 Å². The van der Waals surface area contributed by atoms with E-state index in [-0.39, 0.29) is 23.8 Å². The summed E-state index contributed by atoms with van der Waals surface area (Å²) in [5.74, 6) is 0.360. The van der Waals surface area contributed by atoms with Crippen LogP contribution in [0.5, 0.6) is 0 Å². The highest BCUT2D eigenvalue weighted by atomic mass is 16.5. The molecule has 0 aromatic heterocycles. The van der Waals surface area contributed by atoms with E-state index < -0.39 is 5.41 Å². The molecule has 3 amide bonds. The molecule has 1 saturated heterocycles. The summed E-state index contributed by atoms with van der Waals surface area (Å²) in [5, 5.41) is 3.04. The number of hydrogen-bond donors (Lipinski definition) is 1. The van der Waals surface area contributed by atoms with Crippen molar-refractivity contribution in [3.63, 3.8) is 0 Å². The van der Waals surface area contributed by atoms with Crippen LogP contribution in [0.4, 0.5) is 10.5 Å². The maximum Gasteiger partial charge on any atom is 0.328 e. The Morgan fingerprint density at radius 2 is 1.70 bits per heavy atom. The molecule has 4 aliphatic rings. The molecular weight excluding hydrogens is 418 g/mol. The molecule has 178 valence electrons. The Balaban J connectivity index is 1.10. The Kier molecular flexibility index (Phi) is 6.41. The summed E-state index contributed by atoms with van der Waals surface area (Å²) in [6, 6.07) is 7.47. The molecule has 5 rings (SSSR count). The van der Waals surface area contributed by atoms with Gasteiger partial charge in [-0.15, -0.1) is 0 Å². The largest absolute Gasteiger partial charge is 0.449 e. The van der Waals surface area contributed by atoms with E-state index in [1.807, 2.05) is 24.3 Å². The van der Waals surface area contributed by atoms with Crippen LogP contribution in [0.15, 0.2) is 24.3 Å². The van der Waals surface area contributed by atoms with Crippen LogP contribution in [0.1, 0.15) is 69.8 Å². The molecule has 2 saturated carbocycles. The zero-order chi connectivity index (χ0) is 22.8. The van der Waals surface area contributed by atoms with Crippen LogP contribution in [0, 0.1) is 11.8 Å². The predicted octanol–water partition coefficient (Wildman–Crippen LogP) is 3.96. The van der Waals surface area contributed by atoms with Gasteiger partial charge in [0.2, 0.25) is 5.91 Å². The van der Waals surface area contributed by atoms with Gasteiger partial charge in [-0.1, -0.05) is 43.9 Å². The number of fused-ring (bicyclic) bond motifs is 2. The number of ether oxygens (including phenoxy) is 1. The monoisotopic (exact) mass is 453 g/mol. The minimum absolute atomic E-state index is 0.0440. The average molecular weight is 454 g/mol. The quantitative estimate of drug-likeness (QED) is 0.683. The number of hydrogen-bond acceptors (Lipinski definition) is 5. The van der Waals surface area contributed by atoms with Crippen molar-refractivity contribution >= 4 is 23.6 Å². The van der Waals surface area contributed by atoms with Crippen molar-refractivity contribution in [3.8, 4) is 0 Å². The SMILES string of the molecule is O=C(OCN1CCC(CNC(=O)N2C(=O)C3(CCCC3)c3ccccc32)CC1)C1CCCC1. The second-order valence-electron chi connectivity index (χ2n) is 10.3. The molecule has 3 fully saturated rings. The van der Waals surface area contributed by atoms with Crippen molar-refractivity contribution in [3.05, 3.63) is 29.8 Å². The van der Waals surface area contributed by atoms with Crippen molar-refractivity contribution in [2.75, 3.05) is 31.3 Å². The van der Waals surface area contributed by atoms with Crippen LogP contribution >= 0.6 is 0 Å². The first-order chi connectivity index (χ1) is 16.1. The number of para-hydroxylation sites is 1. The van der Waals surface area contributed by atoms with Crippen LogP contribution in [0.25, 0.3) is 0 Å². The first-order valence-corrected chi connectivity index (χ1v) is 12.7. The third-order valence-electron chi connectivity index (χ3n) is 8.26. The molecule has 0 bridgehead atoms. The molecule has 33 heavy (non-hydrogen) atoms. The zero-order valence-electron chi connectivity index (χ0n) is 19.4. The number of esters is 1. The molecule has 1 aromatic carbocycles. The third-order valence-corrected chi connectivity index (χ3v) is 8.26. The molecule has 0 atom stereocenters. The average Bonchev–Trinajstić information content (AvgIpc) is 3.59. The van der Waals surface area contributed by atoms with Gasteiger partial charge in [0.25, 0.3) is 0 Å². The topological polar surface area (TPSA) is 79.0 Å².